The number of methoxy groups -OCH3 is 1. The summed E-state index contributed by atoms with van der Waals surface area (Å²) >= 11 is 0. The van der Waals surface area contributed by atoms with E-state index < -0.39 is 17.7 Å². The molecule has 198 valence electrons. The first-order valence-electron chi connectivity index (χ1n) is 12.9. The molecule has 1 amide bonds. The highest BCUT2D eigenvalue weighted by Crippen LogP contribution is 2.40. The average molecular weight is 515 g/mol. The Hall–Kier alpha value is -4.10. The van der Waals surface area contributed by atoms with Crippen molar-refractivity contribution in [2.75, 3.05) is 33.3 Å². The lowest BCUT2D eigenvalue weighted by Gasteiger charge is -2.28. The van der Waals surface area contributed by atoms with Crippen LogP contribution in [-0.4, -0.2) is 59.9 Å². The van der Waals surface area contributed by atoms with Gasteiger partial charge in [0.2, 0.25) is 0 Å². The minimum absolute atomic E-state index is 0.0812. The zero-order valence-electron chi connectivity index (χ0n) is 22.1. The molecule has 38 heavy (non-hydrogen) atoms. The average Bonchev–Trinajstić information content (AvgIpc) is 3.22. The molecule has 7 nitrogen and oxygen atoms in total. The molecule has 1 saturated heterocycles. The zero-order valence-corrected chi connectivity index (χ0v) is 22.1. The van der Waals surface area contributed by atoms with E-state index in [0.29, 0.717) is 36.8 Å². The number of hydrogen-bond acceptors (Lipinski definition) is 6. The molecule has 1 unspecified atom stereocenters. The molecule has 0 aliphatic carbocycles. The first-order chi connectivity index (χ1) is 18.5. The number of hydrogen-bond donors (Lipinski definition) is 1. The summed E-state index contributed by atoms with van der Waals surface area (Å²) in [6.45, 7) is 7.22. The summed E-state index contributed by atoms with van der Waals surface area (Å²) in [5, 5.41) is 11.3. The van der Waals surface area contributed by atoms with Crippen LogP contribution in [0.1, 0.15) is 36.6 Å². The number of ether oxygens (including phenoxy) is 2. The molecule has 0 spiro atoms. The Morgan fingerprint density at radius 3 is 2.13 bits per heavy atom. The van der Waals surface area contributed by atoms with Gasteiger partial charge in [0.1, 0.15) is 23.9 Å². The molecule has 1 aliphatic rings. The number of nitrogens with zero attached hydrogens (tertiary/aromatic N) is 2. The van der Waals surface area contributed by atoms with Crippen molar-refractivity contribution in [1.29, 1.82) is 0 Å². The van der Waals surface area contributed by atoms with Crippen molar-refractivity contribution >= 4 is 17.4 Å². The number of aliphatic hydroxyl groups is 1. The molecule has 1 fully saturated rings. The first-order valence-corrected chi connectivity index (χ1v) is 12.9. The van der Waals surface area contributed by atoms with Crippen LogP contribution in [0.15, 0.2) is 84.4 Å². The lowest BCUT2D eigenvalue weighted by molar-refractivity contribution is -0.140. The topological polar surface area (TPSA) is 79.3 Å². The van der Waals surface area contributed by atoms with Gasteiger partial charge < -0.3 is 24.4 Å². The maximum absolute atomic E-state index is 13.3. The normalized spacial score (nSPS) is 16.7. The standard InChI is InChI=1S/C31H34N2O5/c1-4-32(5-2)19-20-33-28(23-11-17-26(18-12-23)38-21-22-9-7-6-8-10-22)27(30(35)31(33)36)29(34)24-13-15-25(37-3)16-14-24/h6-18,28,34H,4-5,19-21H2,1-3H3. The predicted molar refractivity (Wildman–Crippen MR) is 147 cm³/mol. The van der Waals surface area contributed by atoms with Crippen LogP contribution in [0.3, 0.4) is 0 Å². The molecule has 1 N–H and O–H groups in total. The number of Topliss-reactive ketones (excluding diaryl/α,β-unsaturated/α-hetero) is 1. The number of amides is 1. The third kappa shape index (κ3) is 5.89. The Morgan fingerprint density at radius 2 is 1.53 bits per heavy atom. The molecule has 0 saturated carbocycles. The Bertz CT molecular complexity index is 1270. The second-order valence-electron chi connectivity index (χ2n) is 9.09. The van der Waals surface area contributed by atoms with Gasteiger partial charge in [0.05, 0.1) is 18.7 Å². The van der Waals surface area contributed by atoms with Gasteiger partial charge in [0, 0.05) is 18.7 Å². The smallest absolute Gasteiger partial charge is 0.295 e. The summed E-state index contributed by atoms with van der Waals surface area (Å²) in [5.41, 5.74) is 2.31. The fourth-order valence-electron chi connectivity index (χ4n) is 4.64. The van der Waals surface area contributed by atoms with E-state index in [1.807, 2.05) is 54.6 Å². The maximum atomic E-state index is 13.3. The van der Waals surface area contributed by atoms with E-state index in [1.165, 1.54) is 0 Å². The molecule has 0 aromatic heterocycles. The summed E-state index contributed by atoms with van der Waals surface area (Å²) < 4.78 is 11.1. The van der Waals surface area contributed by atoms with Crippen molar-refractivity contribution in [1.82, 2.24) is 9.80 Å². The molecule has 1 atom stereocenters. The molecule has 4 rings (SSSR count). The SMILES string of the molecule is CCN(CC)CCN1C(=O)C(=O)C(=C(O)c2ccc(OC)cc2)C1c1ccc(OCc2ccccc2)cc1. The fraction of sp³-hybridized carbons (Fsp3) is 0.290. The lowest BCUT2D eigenvalue weighted by atomic mass is 9.95. The zero-order chi connectivity index (χ0) is 27.1. The van der Waals surface area contributed by atoms with Gasteiger partial charge in [-0.1, -0.05) is 56.3 Å². The van der Waals surface area contributed by atoms with Crippen LogP contribution in [0.25, 0.3) is 5.76 Å². The number of rotatable bonds is 11. The van der Waals surface area contributed by atoms with Gasteiger partial charge in [-0.3, -0.25) is 9.59 Å². The van der Waals surface area contributed by atoms with Crippen LogP contribution in [-0.2, 0) is 16.2 Å². The van der Waals surface area contributed by atoms with Gasteiger partial charge >= 0.3 is 0 Å². The van der Waals surface area contributed by atoms with Gasteiger partial charge in [-0.25, -0.2) is 0 Å². The maximum Gasteiger partial charge on any atom is 0.295 e. The second-order valence-corrected chi connectivity index (χ2v) is 9.09. The monoisotopic (exact) mass is 514 g/mol. The van der Waals surface area contributed by atoms with E-state index in [4.69, 9.17) is 9.47 Å². The summed E-state index contributed by atoms with van der Waals surface area (Å²) in [5.74, 6) is -0.198. The predicted octanol–water partition coefficient (Wildman–Crippen LogP) is 5.04. The molecule has 1 aliphatic heterocycles. The Balaban J connectivity index is 1.67. The number of ketones is 1. The van der Waals surface area contributed by atoms with Gasteiger partial charge in [0.25, 0.3) is 11.7 Å². The molecule has 0 radical (unpaired) electrons. The highest BCUT2D eigenvalue weighted by Gasteiger charge is 2.46. The largest absolute Gasteiger partial charge is 0.507 e. The molecule has 3 aromatic rings. The van der Waals surface area contributed by atoms with Gasteiger partial charge in [-0.05, 0) is 60.6 Å². The van der Waals surface area contributed by atoms with E-state index in [1.54, 1.807) is 36.3 Å². The summed E-state index contributed by atoms with van der Waals surface area (Å²) in [7, 11) is 1.56. The number of likely N-dealkylation sites (tertiary alicyclic amines) is 1. The Kier molecular flexibility index (Phi) is 8.81. The summed E-state index contributed by atoms with van der Waals surface area (Å²) in [6.07, 6.45) is 0. The van der Waals surface area contributed by atoms with Crippen LogP contribution >= 0.6 is 0 Å². The Morgan fingerprint density at radius 1 is 0.895 bits per heavy atom. The minimum Gasteiger partial charge on any atom is -0.507 e. The molecule has 1 heterocycles. The third-order valence-corrected chi connectivity index (χ3v) is 6.90. The number of carbonyl (C=O) groups excluding carboxylic acids is 2. The lowest BCUT2D eigenvalue weighted by Crippen LogP contribution is -2.38. The molecule has 3 aromatic carbocycles. The van der Waals surface area contributed by atoms with E-state index in [-0.39, 0.29) is 11.3 Å². The van der Waals surface area contributed by atoms with Crippen molar-refractivity contribution in [3.8, 4) is 11.5 Å². The van der Waals surface area contributed by atoms with Crippen molar-refractivity contribution in [2.24, 2.45) is 0 Å². The molecule has 0 bridgehead atoms. The van der Waals surface area contributed by atoms with Crippen LogP contribution in [0.2, 0.25) is 0 Å². The molecular weight excluding hydrogens is 480 g/mol. The van der Waals surface area contributed by atoms with Crippen LogP contribution in [0.4, 0.5) is 0 Å². The van der Waals surface area contributed by atoms with Crippen LogP contribution in [0.5, 0.6) is 11.5 Å². The third-order valence-electron chi connectivity index (χ3n) is 6.90. The number of carbonyl (C=O) groups is 2. The van der Waals surface area contributed by atoms with Crippen molar-refractivity contribution < 1.29 is 24.2 Å². The first kappa shape index (κ1) is 26.9. The van der Waals surface area contributed by atoms with Crippen molar-refractivity contribution in [2.45, 2.75) is 26.5 Å². The van der Waals surface area contributed by atoms with E-state index in [0.717, 1.165) is 24.2 Å². The second kappa shape index (κ2) is 12.4. The van der Waals surface area contributed by atoms with Crippen molar-refractivity contribution in [3.05, 3.63) is 101 Å². The van der Waals surface area contributed by atoms with Crippen LogP contribution in [0, 0.1) is 0 Å². The number of aliphatic hydroxyl groups excluding tert-OH is 1. The van der Waals surface area contributed by atoms with Gasteiger partial charge in [-0.2, -0.15) is 0 Å². The summed E-state index contributed by atoms with van der Waals surface area (Å²) in [6, 6.07) is 23.3. The van der Waals surface area contributed by atoms with E-state index in [2.05, 4.69) is 18.7 Å². The van der Waals surface area contributed by atoms with Crippen molar-refractivity contribution in [3.63, 3.8) is 0 Å². The Labute approximate surface area is 223 Å². The fourth-order valence-corrected chi connectivity index (χ4v) is 4.64. The van der Waals surface area contributed by atoms with Gasteiger partial charge in [-0.15, -0.1) is 0 Å². The number of benzene rings is 3. The molecular formula is C31H34N2O5. The van der Waals surface area contributed by atoms with Crippen LogP contribution < -0.4 is 9.47 Å². The molecule has 7 heteroatoms. The van der Waals surface area contributed by atoms with E-state index in [9.17, 15) is 14.7 Å². The van der Waals surface area contributed by atoms with E-state index >= 15 is 0 Å². The minimum atomic E-state index is -0.712. The summed E-state index contributed by atoms with van der Waals surface area (Å²) in [4.78, 5) is 30.3. The van der Waals surface area contributed by atoms with Gasteiger partial charge in [0.15, 0.2) is 0 Å². The number of likely N-dealkylation sites (N-methyl/N-ethyl adjacent to an activating group) is 1. The quantitative estimate of drug-likeness (QED) is 0.220. The highest BCUT2D eigenvalue weighted by molar-refractivity contribution is 6.46. The highest BCUT2D eigenvalue weighted by atomic mass is 16.5.